The lowest BCUT2D eigenvalue weighted by molar-refractivity contribution is -0.141. The maximum atomic E-state index is 13.9. The van der Waals surface area contributed by atoms with Crippen LogP contribution in [0.25, 0.3) is 10.0 Å². The van der Waals surface area contributed by atoms with Crippen LogP contribution in [-0.2, 0) is 14.3 Å². The Kier molecular flexibility index (Phi) is 10.6. The summed E-state index contributed by atoms with van der Waals surface area (Å²) in [5, 5.41) is 26.1. The van der Waals surface area contributed by atoms with E-state index in [0.717, 1.165) is 37.8 Å². The predicted molar refractivity (Wildman–Crippen MR) is 226 cm³/mol. The second-order valence-electron chi connectivity index (χ2n) is 13.8. The molecule has 2 N–H and O–H groups in total. The topological polar surface area (TPSA) is 171 Å². The molecule has 0 aliphatic carbocycles. The van der Waals surface area contributed by atoms with Crippen molar-refractivity contribution in [2.45, 2.75) is 59.5 Å². The summed E-state index contributed by atoms with van der Waals surface area (Å²) in [5.74, 6) is 1.05. The molecule has 6 aromatic rings. The minimum absolute atomic E-state index is 0.0479. The zero-order chi connectivity index (χ0) is 41.0. The van der Waals surface area contributed by atoms with Crippen LogP contribution in [0.2, 0.25) is 10.0 Å². The van der Waals surface area contributed by atoms with E-state index in [1.165, 1.54) is 18.4 Å². The molecule has 2 aliphatic heterocycles. The van der Waals surface area contributed by atoms with Gasteiger partial charge in [0.15, 0.2) is 11.6 Å². The Morgan fingerprint density at radius 1 is 0.707 bits per heavy atom. The van der Waals surface area contributed by atoms with Gasteiger partial charge in [-0.25, -0.2) is 0 Å². The van der Waals surface area contributed by atoms with E-state index < -0.39 is 24.0 Å². The van der Waals surface area contributed by atoms with Gasteiger partial charge in [-0.2, -0.15) is 0 Å². The minimum Gasteiger partial charge on any atom is -0.469 e. The van der Waals surface area contributed by atoms with Crippen LogP contribution in [0.5, 0.6) is 0 Å². The summed E-state index contributed by atoms with van der Waals surface area (Å²) in [5.41, 5.74) is 6.31. The van der Waals surface area contributed by atoms with Gasteiger partial charge in [-0.3, -0.25) is 33.5 Å². The number of nitrogens with one attached hydrogen (secondary N) is 2. The molecule has 19 heteroatoms. The van der Waals surface area contributed by atoms with Crippen molar-refractivity contribution in [1.29, 1.82) is 0 Å². The van der Waals surface area contributed by atoms with Crippen LogP contribution in [0, 0.1) is 34.6 Å². The number of ether oxygens (including phenoxy) is 1. The summed E-state index contributed by atoms with van der Waals surface area (Å²) in [6.07, 6.45) is -0.110. The summed E-state index contributed by atoms with van der Waals surface area (Å²) >= 11 is 15.4. The van der Waals surface area contributed by atoms with Crippen molar-refractivity contribution in [2.24, 2.45) is 9.98 Å². The van der Waals surface area contributed by atoms with Gasteiger partial charge in [-0.05, 0) is 70.0 Å². The highest BCUT2D eigenvalue weighted by Crippen LogP contribution is 2.41. The fraction of sp³-hybridized carbons (Fsp3) is 0.256. The molecule has 6 heterocycles. The first-order valence-corrected chi connectivity index (χ1v) is 20.6. The first kappa shape index (κ1) is 39.3. The molecule has 14 nitrogen and oxygen atoms in total. The van der Waals surface area contributed by atoms with Gasteiger partial charge in [0.05, 0.1) is 36.3 Å². The Morgan fingerprint density at radius 3 is 1.74 bits per heavy atom. The minimum atomic E-state index is -0.705. The van der Waals surface area contributed by atoms with Crippen LogP contribution in [0.4, 0.5) is 0 Å². The van der Waals surface area contributed by atoms with Crippen LogP contribution < -0.4 is 10.5 Å². The van der Waals surface area contributed by atoms with Gasteiger partial charge in [0, 0.05) is 37.2 Å². The first-order chi connectivity index (χ1) is 27.8. The van der Waals surface area contributed by atoms with E-state index in [9.17, 15) is 14.4 Å². The van der Waals surface area contributed by atoms with Crippen molar-refractivity contribution < 1.29 is 19.1 Å². The third kappa shape index (κ3) is 7.05. The number of benzene rings is 2. The van der Waals surface area contributed by atoms with Gasteiger partial charge in [0.1, 0.15) is 33.7 Å². The molecule has 2 aliphatic rings. The van der Waals surface area contributed by atoms with E-state index in [-0.39, 0.29) is 26.3 Å². The fourth-order valence-electron chi connectivity index (χ4n) is 7.16. The molecule has 2 atom stereocenters. The van der Waals surface area contributed by atoms with Gasteiger partial charge in [-0.15, -0.1) is 43.1 Å². The van der Waals surface area contributed by atoms with Crippen molar-refractivity contribution >= 4 is 82.6 Å². The van der Waals surface area contributed by atoms with Gasteiger partial charge in [-0.1, -0.05) is 47.5 Å². The van der Waals surface area contributed by atoms with Gasteiger partial charge in [0.2, 0.25) is 5.91 Å². The quantitative estimate of drug-likeness (QED) is 0.125. The Bertz CT molecular complexity index is 2700. The zero-order valence-corrected chi connectivity index (χ0v) is 35.3. The number of aliphatic imine (C=N–C) groups is 2. The lowest BCUT2D eigenvalue weighted by Gasteiger charge is -2.13. The summed E-state index contributed by atoms with van der Waals surface area (Å²) in [7, 11) is 1.18. The first-order valence-electron chi connectivity index (χ1n) is 18.2. The molecule has 0 bridgehead atoms. The summed E-state index contributed by atoms with van der Waals surface area (Å²) in [4.78, 5) is 51.9. The molecule has 58 heavy (non-hydrogen) atoms. The zero-order valence-electron chi connectivity index (χ0n) is 32.2. The molecule has 0 spiro atoms. The monoisotopic (exact) mass is 852 g/mol. The van der Waals surface area contributed by atoms with Crippen molar-refractivity contribution in [3.8, 4) is 10.0 Å². The maximum Gasteiger partial charge on any atom is 0.356 e. The van der Waals surface area contributed by atoms with E-state index >= 15 is 0 Å². The molecule has 0 radical (unpaired) electrons. The molecule has 0 fully saturated rings. The number of amides is 2. The number of esters is 1. The number of halogens is 2. The number of hydrogen-bond donors (Lipinski definition) is 2. The van der Waals surface area contributed by atoms with Gasteiger partial charge >= 0.3 is 13.5 Å². The smallest absolute Gasteiger partial charge is 0.356 e. The number of nitrogens with zero attached hydrogens (tertiary/aromatic N) is 8. The molecule has 0 unspecified atom stereocenters. The van der Waals surface area contributed by atoms with Crippen molar-refractivity contribution in [3.05, 3.63) is 125 Å². The lowest BCUT2D eigenvalue weighted by Crippen LogP contribution is -2.41. The van der Waals surface area contributed by atoms with E-state index in [1.807, 2.05) is 59.4 Å². The number of carbonyl (C=O) groups excluding carboxylic acids is 3. The maximum absolute atomic E-state index is 13.9. The Morgan fingerprint density at radius 2 is 1.21 bits per heavy atom. The SMILES string of the molecule is COC(=O)C[C@@H]1N=C(c2ccc(Cl)cc2)c2c(sc(C(=O)NBNC(=O)C[C@@H]3N=C(c4ccc(Cl)cc4)c4c(sc(C)c4C)-n4c(C)nnc43)c2C)-n2c(C)nnc21. The number of aromatic nitrogens is 6. The summed E-state index contributed by atoms with van der Waals surface area (Å²) in [6.45, 7) is 9.67. The highest BCUT2D eigenvalue weighted by molar-refractivity contribution is 7.17. The highest BCUT2D eigenvalue weighted by atomic mass is 35.5. The van der Waals surface area contributed by atoms with Crippen LogP contribution in [0.15, 0.2) is 58.5 Å². The van der Waals surface area contributed by atoms with Gasteiger partial charge < -0.3 is 15.2 Å². The average molecular weight is 854 g/mol. The third-order valence-corrected chi connectivity index (χ3v) is 13.2. The number of methoxy groups -OCH3 is 1. The number of rotatable bonds is 9. The van der Waals surface area contributed by atoms with E-state index in [2.05, 4.69) is 44.7 Å². The number of carbonyl (C=O) groups is 3. The van der Waals surface area contributed by atoms with Crippen molar-refractivity contribution in [3.63, 3.8) is 0 Å². The number of aryl methyl sites for hydroxylation is 3. The largest absolute Gasteiger partial charge is 0.469 e. The lowest BCUT2D eigenvalue weighted by atomic mass is 9.99. The summed E-state index contributed by atoms with van der Waals surface area (Å²) < 4.78 is 8.81. The number of hydrogen-bond acceptors (Lipinski definition) is 12. The molecular formula is C39H35BCl2N10O4S2. The predicted octanol–water partition coefficient (Wildman–Crippen LogP) is 6.37. The van der Waals surface area contributed by atoms with Crippen molar-refractivity contribution in [2.75, 3.05) is 7.11 Å². The molecule has 4 aromatic heterocycles. The Hall–Kier alpha value is -5.49. The second-order valence-corrected chi connectivity index (χ2v) is 16.9. The van der Waals surface area contributed by atoms with Gasteiger partial charge in [0.25, 0.3) is 5.91 Å². The molecule has 8 rings (SSSR count). The highest BCUT2D eigenvalue weighted by Gasteiger charge is 2.35. The second kappa shape index (κ2) is 15.7. The molecule has 294 valence electrons. The molecule has 2 amide bonds. The molecule has 0 saturated heterocycles. The van der Waals surface area contributed by atoms with Crippen LogP contribution in [0.3, 0.4) is 0 Å². The van der Waals surface area contributed by atoms with Crippen LogP contribution in [-0.4, -0.2) is 73.4 Å². The third-order valence-electron chi connectivity index (χ3n) is 10.2. The normalized spacial score (nSPS) is 15.4. The van der Waals surface area contributed by atoms with Crippen LogP contribution in [0.1, 0.15) is 96.2 Å². The molecule has 0 saturated carbocycles. The average Bonchev–Trinajstić information content (AvgIpc) is 3.90. The standard InChI is InChI=1S/C39H35BCl2N10O4S2/c1-17-19(3)57-38-30(17)32(22-7-11-24(41)12-8-22)43-26(35-49-47-20(4)51(35)38)15-28(53)45-40-46-37(55)34-18(2)31-33(23-9-13-25(42)14-10-23)44-27(16-29(54)56-6)36-50-48-21(5)52(36)39(31)58-34/h7-14,26-27,40H,15-16H2,1-6H3,(H,45,53)(H,46,55)/t26-,27-/m0/s1. The number of thiophene rings is 2. The van der Waals surface area contributed by atoms with E-state index in [1.54, 1.807) is 30.4 Å². The fourth-order valence-corrected chi connectivity index (χ4v) is 9.91. The van der Waals surface area contributed by atoms with E-state index in [0.29, 0.717) is 60.1 Å². The Labute approximate surface area is 351 Å². The molecular weight excluding hydrogens is 818 g/mol. The van der Waals surface area contributed by atoms with Crippen molar-refractivity contribution in [1.82, 2.24) is 40.0 Å². The van der Waals surface area contributed by atoms with Crippen LogP contribution >= 0.6 is 45.9 Å². The van der Waals surface area contributed by atoms with E-state index in [4.69, 9.17) is 37.9 Å². The Balaban J connectivity index is 1.06. The molecule has 2 aromatic carbocycles. The number of fused-ring (bicyclic) bond motifs is 6. The summed E-state index contributed by atoms with van der Waals surface area (Å²) in [6, 6.07) is 13.3.